The molecule has 0 saturated heterocycles. The van der Waals surface area contributed by atoms with Crippen molar-refractivity contribution in [2.45, 2.75) is 20.0 Å². The van der Waals surface area contributed by atoms with Crippen LogP contribution in [0, 0.1) is 6.92 Å². The van der Waals surface area contributed by atoms with Crippen molar-refractivity contribution in [1.29, 1.82) is 0 Å². The number of ether oxygens (including phenoxy) is 2. The summed E-state index contributed by atoms with van der Waals surface area (Å²) < 4.78 is 10.7. The topological polar surface area (TPSA) is 58.9 Å². The van der Waals surface area contributed by atoms with Crippen molar-refractivity contribution in [3.63, 3.8) is 0 Å². The number of aliphatic hydroxyl groups is 2. The van der Waals surface area contributed by atoms with Gasteiger partial charge in [0.15, 0.2) is 0 Å². The molecule has 96 valence electrons. The Hall–Kier alpha value is -1.10. The second-order valence-electron chi connectivity index (χ2n) is 3.90. The smallest absolute Gasteiger partial charge is 0.125 e. The molecule has 0 aliphatic rings. The van der Waals surface area contributed by atoms with Crippen LogP contribution in [-0.4, -0.2) is 36.6 Å². The van der Waals surface area contributed by atoms with Crippen LogP contribution in [0.4, 0.5) is 0 Å². The molecule has 0 amide bonds. The summed E-state index contributed by atoms with van der Waals surface area (Å²) in [5.41, 5.74) is 1.86. The molecule has 1 aromatic rings. The van der Waals surface area contributed by atoms with E-state index in [4.69, 9.17) is 14.6 Å². The van der Waals surface area contributed by atoms with Crippen molar-refractivity contribution in [1.82, 2.24) is 0 Å². The fourth-order valence-electron chi connectivity index (χ4n) is 1.49. The maximum absolute atomic E-state index is 9.59. The van der Waals surface area contributed by atoms with E-state index in [0.29, 0.717) is 25.6 Å². The van der Waals surface area contributed by atoms with Gasteiger partial charge in [-0.05, 0) is 25.5 Å². The summed E-state index contributed by atoms with van der Waals surface area (Å²) in [6, 6.07) is 5.70. The van der Waals surface area contributed by atoms with Crippen molar-refractivity contribution >= 4 is 0 Å². The van der Waals surface area contributed by atoms with E-state index in [-0.39, 0.29) is 6.61 Å². The van der Waals surface area contributed by atoms with Gasteiger partial charge in [-0.1, -0.05) is 12.1 Å². The quantitative estimate of drug-likeness (QED) is 0.708. The Balaban J connectivity index is 2.53. The van der Waals surface area contributed by atoms with E-state index in [1.807, 2.05) is 25.1 Å². The molecular formula is C13H20O4. The van der Waals surface area contributed by atoms with Crippen LogP contribution in [0.25, 0.3) is 0 Å². The van der Waals surface area contributed by atoms with Gasteiger partial charge in [-0.25, -0.2) is 0 Å². The normalized spacial score (nSPS) is 12.5. The van der Waals surface area contributed by atoms with Crippen LogP contribution in [0.15, 0.2) is 18.2 Å². The lowest BCUT2D eigenvalue weighted by atomic mass is 10.1. The Morgan fingerprint density at radius 3 is 2.65 bits per heavy atom. The largest absolute Gasteiger partial charge is 0.491 e. The maximum Gasteiger partial charge on any atom is 0.125 e. The number of rotatable bonds is 7. The molecule has 1 rings (SSSR count). The van der Waals surface area contributed by atoms with Crippen molar-refractivity contribution in [3.05, 3.63) is 29.3 Å². The second kappa shape index (κ2) is 7.27. The molecule has 17 heavy (non-hydrogen) atoms. The molecule has 1 atom stereocenters. The van der Waals surface area contributed by atoms with Crippen LogP contribution in [0.5, 0.6) is 5.75 Å². The molecule has 0 aromatic heterocycles. The zero-order valence-corrected chi connectivity index (χ0v) is 10.3. The Bertz CT molecular complexity index is 336. The van der Waals surface area contributed by atoms with E-state index in [1.165, 1.54) is 0 Å². The SMILES string of the molecule is Cc1ccc(C(C)O)c(OCCOCCO)c1. The number of aliphatic hydroxyl groups excluding tert-OH is 2. The number of hydrogen-bond donors (Lipinski definition) is 2. The molecule has 0 radical (unpaired) electrons. The molecule has 0 saturated carbocycles. The first-order chi connectivity index (χ1) is 8.15. The van der Waals surface area contributed by atoms with Crippen molar-refractivity contribution in [3.8, 4) is 5.75 Å². The molecule has 2 N–H and O–H groups in total. The average Bonchev–Trinajstić information content (AvgIpc) is 2.28. The first kappa shape index (κ1) is 14.0. The number of aryl methyl sites for hydroxylation is 1. The Morgan fingerprint density at radius 1 is 1.24 bits per heavy atom. The third kappa shape index (κ3) is 4.73. The molecule has 1 aromatic carbocycles. The molecular weight excluding hydrogens is 220 g/mol. The van der Waals surface area contributed by atoms with Crippen molar-refractivity contribution in [2.75, 3.05) is 26.4 Å². The highest BCUT2D eigenvalue weighted by Crippen LogP contribution is 2.26. The Morgan fingerprint density at radius 2 is 2.00 bits per heavy atom. The molecule has 0 spiro atoms. The minimum atomic E-state index is -0.552. The molecule has 1 unspecified atom stereocenters. The first-order valence-electron chi connectivity index (χ1n) is 5.75. The van der Waals surface area contributed by atoms with Gasteiger partial charge in [0.05, 0.1) is 25.9 Å². The van der Waals surface area contributed by atoms with Crippen LogP contribution in [0.1, 0.15) is 24.2 Å². The third-order valence-corrected chi connectivity index (χ3v) is 2.34. The molecule has 0 heterocycles. The van der Waals surface area contributed by atoms with E-state index in [1.54, 1.807) is 6.92 Å². The lowest BCUT2D eigenvalue weighted by Gasteiger charge is -2.14. The van der Waals surface area contributed by atoms with E-state index in [2.05, 4.69) is 0 Å². The van der Waals surface area contributed by atoms with Gasteiger partial charge in [-0.2, -0.15) is 0 Å². The van der Waals surface area contributed by atoms with Crippen molar-refractivity contribution < 1.29 is 19.7 Å². The minimum Gasteiger partial charge on any atom is -0.491 e. The van der Waals surface area contributed by atoms with E-state index < -0.39 is 6.10 Å². The Kier molecular flexibility index (Phi) is 5.97. The molecule has 0 aliphatic heterocycles. The molecule has 0 aliphatic carbocycles. The average molecular weight is 240 g/mol. The van der Waals surface area contributed by atoms with Crippen LogP contribution < -0.4 is 4.74 Å². The summed E-state index contributed by atoms with van der Waals surface area (Å²) in [5, 5.41) is 18.1. The minimum absolute atomic E-state index is 0.0172. The monoisotopic (exact) mass is 240 g/mol. The highest BCUT2D eigenvalue weighted by atomic mass is 16.5. The van der Waals surface area contributed by atoms with E-state index in [9.17, 15) is 5.11 Å². The first-order valence-corrected chi connectivity index (χ1v) is 5.75. The highest BCUT2D eigenvalue weighted by Gasteiger charge is 2.09. The van der Waals surface area contributed by atoms with Crippen LogP contribution in [0.3, 0.4) is 0 Å². The van der Waals surface area contributed by atoms with Crippen molar-refractivity contribution in [2.24, 2.45) is 0 Å². The van der Waals surface area contributed by atoms with Gasteiger partial charge in [0.2, 0.25) is 0 Å². The lowest BCUT2D eigenvalue weighted by Crippen LogP contribution is -2.10. The van der Waals surface area contributed by atoms with Crippen LogP contribution in [-0.2, 0) is 4.74 Å². The summed E-state index contributed by atoms with van der Waals surface area (Å²) in [5.74, 6) is 0.688. The summed E-state index contributed by atoms with van der Waals surface area (Å²) in [6.07, 6.45) is -0.552. The standard InChI is InChI=1S/C13H20O4/c1-10-3-4-12(11(2)15)13(9-10)17-8-7-16-6-5-14/h3-4,9,11,14-15H,5-8H2,1-2H3. The van der Waals surface area contributed by atoms with Gasteiger partial charge in [0, 0.05) is 5.56 Å². The summed E-state index contributed by atoms with van der Waals surface area (Å²) in [7, 11) is 0. The molecule has 4 heteroatoms. The summed E-state index contributed by atoms with van der Waals surface area (Å²) in [4.78, 5) is 0. The maximum atomic E-state index is 9.59. The van der Waals surface area contributed by atoms with Gasteiger partial charge in [-0.15, -0.1) is 0 Å². The molecule has 4 nitrogen and oxygen atoms in total. The summed E-state index contributed by atoms with van der Waals surface area (Å²) >= 11 is 0. The summed E-state index contributed by atoms with van der Waals surface area (Å²) in [6.45, 7) is 4.85. The predicted octanol–water partition coefficient (Wildman–Crippen LogP) is 1.44. The van der Waals surface area contributed by atoms with Gasteiger partial charge < -0.3 is 19.7 Å². The number of benzene rings is 1. The predicted molar refractivity (Wildman–Crippen MR) is 65.2 cm³/mol. The van der Waals surface area contributed by atoms with Gasteiger partial charge in [0.1, 0.15) is 12.4 Å². The van der Waals surface area contributed by atoms with Gasteiger partial charge in [-0.3, -0.25) is 0 Å². The Labute approximate surface area is 102 Å². The molecule has 0 fully saturated rings. The zero-order chi connectivity index (χ0) is 12.7. The highest BCUT2D eigenvalue weighted by molar-refractivity contribution is 5.38. The lowest BCUT2D eigenvalue weighted by molar-refractivity contribution is 0.0695. The van der Waals surface area contributed by atoms with E-state index >= 15 is 0 Å². The third-order valence-electron chi connectivity index (χ3n) is 2.34. The fraction of sp³-hybridized carbons (Fsp3) is 0.538. The van der Waals surface area contributed by atoms with Gasteiger partial charge >= 0.3 is 0 Å². The van der Waals surface area contributed by atoms with Crippen LogP contribution in [0.2, 0.25) is 0 Å². The molecule has 0 bridgehead atoms. The zero-order valence-electron chi connectivity index (χ0n) is 10.3. The van der Waals surface area contributed by atoms with Gasteiger partial charge in [0.25, 0.3) is 0 Å². The fourth-order valence-corrected chi connectivity index (χ4v) is 1.49. The van der Waals surface area contributed by atoms with E-state index in [0.717, 1.165) is 11.1 Å². The van der Waals surface area contributed by atoms with Crippen LogP contribution >= 0.6 is 0 Å². The number of hydrogen-bond acceptors (Lipinski definition) is 4. The second-order valence-corrected chi connectivity index (χ2v) is 3.90.